The minimum absolute atomic E-state index is 0.122. The number of hydrogen-bond acceptors (Lipinski definition) is 7. The van der Waals surface area contributed by atoms with Crippen LogP contribution in [0.1, 0.15) is 11.5 Å². The van der Waals surface area contributed by atoms with Gasteiger partial charge in [-0.15, -0.1) is 0 Å². The summed E-state index contributed by atoms with van der Waals surface area (Å²) in [6.07, 6.45) is 3.02. The Morgan fingerprint density at radius 3 is 2.67 bits per heavy atom. The van der Waals surface area contributed by atoms with Crippen LogP contribution in [0.25, 0.3) is 17.5 Å². The Balaban J connectivity index is 1.63. The summed E-state index contributed by atoms with van der Waals surface area (Å²) in [5.74, 6) is 1.22. The van der Waals surface area contributed by atoms with E-state index in [-0.39, 0.29) is 12.5 Å². The van der Waals surface area contributed by atoms with Crippen molar-refractivity contribution in [1.29, 1.82) is 0 Å². The van der Waals surface area contributed by atoms with E-state index in [1.54, 1.807) is 38.5 Å². The van der Waals surface area contributed by atoms with Crippen molar-refractivity contribution < 1.29 is 23.5 Å². The van der Waals surface area contributed by atoms with Crippen molar-refractivity contribution in [2.24, 2.45) is 0 Å². The number of carbonyl (C=O) groups excluding carboxylic acids is 1. The monoisotopic (exact) mass is 366 g/mol. The first-order chi connectivity index (χ1) is 13.2. The summed E-state index contributed by atoms with van der Waals surface area (Å²) in [5.41, 5.74) is 1.55. The highest BCUT2D eigenvalue weighted by molar-refractivity contribution is 5.86. The Kier molecular flexibility index (Phi) is 5.84. The van der Waals surface area contributed by atoms with Gasteiger partial charge in [0.2, 0.25) is 5.82 Å². The lowest BCUT2D eigenvalue weighted by atomic mass is 10.2. The summed E-state index contributed by atoms with van der Waals surface area (Å²) >= 11 is 0. The third-order valence-electron chi connectivity index (χ3n) is 3.67. The van der Waals surface area contributed by atoms with Gasteiger partial charge in [0.25, 0.3) is 5.89 Å². The first-order valence-corrected chi connectivity index (χ1v) is 8.14. The van der Waals surface area contributed by atoms with Crippen LogP contribution in [0.2, 0.25) is 0 Å². The van der Waals surface area contributed by atoms with Crippen molar-refractivity contribution in [2.75, 3.05) is 14.2 Å². The second kappa shape index (κ2) is 8.66. The summed E-state index contributed by atoms with van der Waals surface area (Å²) in [6, 6.07) is 14.7. The lowest BCUT2D eigenvalue weighted by molar-refractivity contribution is -0.139. The quantitative estimate of drug-likeness (QED) is 0.467. The van der Waals surface area contributed by atoms with Gasteiger partial charge in [0.05, 0.1) is 19.8 Å². The molecule has 0 fully saturated rings. The molecule has 0 atom stereocenters. The number of hydrogen-bond donors (Lipinski definition) is 0. The fourth-order valence-corrected chi connectivity index (χ4v) is 2.32. The van der Waals surface area contributed by atoms with Gasteiger partial charge in [-0.3, -0.25) is 0 Å². The summed E-state index contributed by atoms with van der Waals surface area (Å²) < 4.78 is 20.7. The molecule has 0 bridgehead atoms. The molecule has 1 heterocycles. The first-order valence-electron chi connectivity index (χ1n) is 8.14. The van der Waals surface area contributed by atoms with Gasteiger partial charge in [0.15, 0.2) is 6.61 Å². The minimum atomic E-state index is -0.499. The van der Waals surface area contributed by atoms with Crippen molar-refractivity contribution >= 4 is 12.0 Å². The Bertz CT molecular complexity index is 935. The van der Waals surface area contributed by atoms with E-state index < -0.39 is 5.97 Å². The molecule has 138 valence electrons. The van der Waals surface area contributed by atoms with Crippen LogP contribution >= 0.6 is 0 Å². The van der Waals surface area contributed by atoms with Crippen molar-refractivity contribution in [3.63, 3.8) is 0 Å². The Hall–Kier alpha value is -3.61. The second-order valence-electron chi connectivity index (χ2n) is 5.43. The zero-order chi connectivity index (χ0) is 19.1. The van der Waals surface area contributed by atoms with Gasteiger partial charge >= 0.3 is 5.97 Å². The highest BCUT2D eigenvalue weighted by Crippen LogP contribution is 2.31. The maximum atomic E-state index is 11.8. The molecule has 7 heteroatoms. The number of aromatic nitrogens is 2. The number of benzene rings is 2. The van der Waals surface area contributed by atoms with Gasteiger partial charge in [-0.05, 0) is 23.8 Å². The van der Waals surface area contributed by atoms with E-state index in [2.05, 4.69) is 10.1 Å². The molecule has 1 aromatic heterocycles. The molecule has 3 aromatic rings. The van der Waals surface area contributed by atoms with E-state index in [1.165, 1.54) is 6.08 Å². The maximum Gasteiger partial charge on any atom is 0.331 e. The van der Waals surface area contributed by atoms with Crippen molar-refractivity contribution in [2.45, 2.75) is 6.61 Å². The van der Waals surface area contributed by atoms with Gasteiger partial charge in [0, 0.05) is 12.1 Å². The molecule has 27 heavy (non-hydrogen) atoms. The molecule has 0 saturated heterocycles. The number of nitrogens with zero attached hydrogens (tertiary/aromatic N) is 2. The Morgan fingerprint density at radius 2 is 1.93 bits per heavy atom. The van der Waals surface area contributed by atoms with Crippen molar-refractivity contribution in [1.82, 2.24) is 10.1 Å². The molecule has 0 unspecified atom stereocenters. The number of rotatable bonds is 7. The lowest BCUT2D eigenvalue weighted by Crippen LogP contribution is -2.01. The average molecular weight is 366 g/mol. The number of ether oxygens (including phenoxy) is 3. The van der Waals surface area contributed by atoms with Gasteiger partial charge in [-0.25, -0.2) is 4.79 Å². The smallest absolute Gasteiger partial charge is 0.331 e. The van der Waals surface area contributed by atoms with Gasteiger partial charge in [0.1, 0.15) is 11.5 Å². The molecule has 0 saturated carbocycles. The summed E-state index contributed by atoms with van der Waals surface area (Å²) in [7, 11) is 3.11. The van der Waals surface area contributed by atoms with Crippen LogP contribution in [0.3, 0.4) is 0 Å². The standard InChI is InChI=1S/C20H18N2O5/c1-24-15-9-10-16(17(12-15)25-2)20-21-18(27-22-20)13-26-19(23)11-8-14-6-4-3-5-7-14/h3-12H,13H2,1-2H3/b11-8+. The van der Waals surface area contributed by atoms with Crippen LogP contribution in [0.5, 0.6) is 11.5 Å². The highest BCUT2D eigenvalue weighted by Gasteiger charge is 2.15. The Labute approximate surface area is 156 Å². The number of methoxy groups -OCH3 is 2. The van der Waals surface area contributed by atoms with Gasteiger partial charge in [-0.1, -0.05) is 35.5 Å². The second-order valence-corrected chi connectivity index (χ2v) is 5.43. The van der Waals surface area contributed by atoms with Crippen molar-refractivity contribution in [3.05, 3.63) is 66.1 Å². The maximum absolute atomic E-state index is 11.8. The fraction of sp³-hybridized carbons (Fsp3) is 0.150. The molecule has 0 aliphatic heterocycles. The molecule has 7 nitrogen and oxygen atoms in total. The van der Waals surface area contributed by atoms with Crippen LogP contribution < -0.4 is 9.47 Å². The minimum Gasteiger partial charge on any atom is -0.497 e. The van der Waals surface area contributed by atoms with E-state index in [0.717, 1.165) is 5.56 Å². The van der Waals surface area contributed by atoms with Crippen molar-refractivity contribution in [3.8, 4) is 22.9 Å². The molecule has 0 amide bonds. The topological polar surface area (TPSA) is 83.7 Å². The molecular weight excluding hydrogens is 348 g/mol. The van der Waals surface area contributed by atoms with Crippen LogP contribution in [-0.2, 0) is 16.1 Å². The SMILES string of the molecule is COc1ccc(-c2noc(COC(=O)/C=C/c3ccccc3)n2)c(OC)c1. The molecule has 3 rings (SSSR count). The molecule has 0 N–H and O–H groups in total. The van der Waals surface area contributed by atoms with Crippen LogP contribution in [0, 0.1) is 0 Å². The zero-order valence-corrected chi connectivity index (χ0v) is 14.9. The first kappa shape index (κ1) is 18.2. The predicted molar refractivity (Wildman–Crippen MR) is 98.1 cm³/mol. The van der Waals surface area contributed by atoms with Gasteiger partial charge < -0.3 is 18.7 Å². The third-order valence-corrected chi connectivity index (χ3v) is 3.67. The predicted octanol–water partition coefficient (Wildman–Crippen LogP) is 3.51. The average Bonchev–Trinajstić information content (AvgIpc) is 3.19. The van der Waals surface area contributed by atoms with E-state index in [1.807, 2.05) is 30.3 Å². The number of carbonyl (C=O) groups is 1. The summed E-state index contributed by atoms with van der Waals surface area (Å²) in [5, 5.41) is 3.91. The van der Waals surface area contributed by atoms with E-state index in [0.29, 0.717) is 22.9 Å². The largest absolute Gasteiger partial charge is 0.497 e. The van der Waals surface area contributed by atoms with Crippen LogP contribution in [0.15, 0.2) is 59.1 Å². The van der Waals surface area contributed by atoms with E-state index in [4.69, 9.17) is 18.7 Å². The molecule has 0 aliphatic carbocycles. The van der Waals surface area contributed by atoms with E-state index in [9.17, 15) is 4.79 Å². The Morgan fingerprint density at radius 1 is 1.11 bits per heavy atom. The third kappa shape index (κ3) is 4.72. The normalized spacial score (nSPS) is 10.7. The summed E-state index contributed by atoms with van der Waals surface area (Å²) in [6.45, 7) is -0.122. The number of esters is 1. The molecular formula is C20H18N2O5. The molecule has 0 aliphatic rings. The summed E-state index contributed by atoms with van der Waals surface area (Å²) in [4.78, 5) is 16.0. The molecule has 0 radical (unpaired) electrons. The van der Waals surface area contributed by atoms with E-state index >= 15 is 0 Å². The lowest BCUT2D eigenvalue weighted by Gasteiger charge is -2.07. The molecule has 0 spiro atoms. The fourth-order valence-electron chi connectivity index (χ4n) is 2.32. The molecule has 2 aromatic carbocycles. The van der Waals surface area contributed by atoms with Crippen LogP contribution in [0.4, 0.5) is 0 Å². The highest BCUT2D eigenvalue weighted by atomic mass is 16.6. The van der Waals surface area contributed by atoms with Gasteiger partial charge in [-0.2, -0.15) is 4.98 Å². The zero-order valence-electron chi connectivity index (χ0n) is 14.9. The van der Waals surface area contributed by atoms with Crippen LogP contribution in [-0.4, -0.2) is 30.3 Å².